The van der Waals surface area contributed by atoms with Crippen LogP contribution in [0.3, 0.4) is 0 Å². The van der Waals surface area contributed by atoms with Gasteiger partial charge in [0.25, 0.3) is 5.69 Å². The molecule has 0 radical (unpaired) electrons. The fraction of sp³-hybridized carbons (Fsp3) is 0.333. The number of ketones is 1. The second-order valence-corrected chi connectivity index (χ2v) is 4.31. The van der Waals surface area contributed by atoms with E-state index < -0.39 is 10.7 Å². The predicted molar refractivity (Wildman–Crippen MR) is 74.1 cm³/mol. The third kappa shape index (κ3) is 4.51. The molecule has 0 fully saturated rings. The highest BCUT2D eigenvalue weighted by Gasteiger charge is 2.20. The molecule has 108 valence electrons. The number of Topliss-reactive ketones (excluding diaryl/α,β-unsaturated/α-hetero) is 1. The summed E-state index contributed by atoms with van der Waals surface area (Å²) in [5.74, 6) is -0.448. The Morgan fingerprint density at radius 2 is 2.05 bits per heavy atom. The number of nitro benzene ring substituents is 1. The summed E-state index contributed by atoms with van der Waals surface area (Å²) in [5.41, 5.74) is -0.349. The number of nitrogens with one attached hydrogen (secondary N) is 2. The van der Waals surface area contributed by atoms with E-state index in [2.05, 4.69) is 10.6 Å². The number of hydrogen-bond acceptors (Lipinski definition) is 4. The van der Waals surface area contributed by atoms with E-state index in [1.165, 1.54) is 18.2 Å². The topological polar surface area (TPSA) is 101 Å². The van der Waals surface area contributed by atoms with Crippen molar-refractivity contribution in [1.82, 2.24) is 10.6 Å². The lowest BCUT2D eigenvalue weighted by Gasteiger charge is -2.06. The van der Waals surface area contributed by atoms with E-state index in [-0.39, 0.29) is 35.3 Å². The van der Waals surface area contributed by atoms with Crippen LogP contribution in [0.15, 0.2) is 18.2 Å². The Morgan fingerprint density at radius 1 is 1.35 bits per heavy atom. The molecular weight excluding hydrogens is 286 g/mol. The van der Waals surface area contributed by atoms with E-state index >= 15 is 0 Å². The lowest BCUT2D eigenvalue weighted by Crippen LogP contribution is -2.36. The molecule has 0 aliphatic heterocycles. The Balaban J connectivity index is 2.70. The number of benzene rings is 1. The van der Waals surface area contributed by atoms with Gasteiger partial charge in [0.1, 0.15) is 0 Å². The van der Waals surface area contributed by atoms with Gasteiger partial charge in [0.15, 0.2) is 5.78 Å². The van der Waals surface area contributed by atoms with Gasteiger partial charge in [0, 0.05) is 30.6 Å². The first-order valence-corrected chi connectivity index (χ1v) is 6.32. The first kappa shape index (κ1) is 15.9. The number of nitrogens with zero attached hydrogens (tertiary/aromatic N) is 1. The molecule has 2 amide bonds. The van der Waals surface area contributed by atoms with Crippen LogP contribution in [0, 0.1) is 10.1 Å². The number of halogens is 1. The summed E-state index contributed by atoms with van der Waals surface area (Å²) in [7, 11) is 0. The van der Waals surface area contributed by atoms with E-state index in [1.807, 2.05) is 0 Å². The molecule has 0 atom stereocenters. The molecule has 0 bridgehead atoms. The van der Waals surface area contributed by atoms with Crippen molar-refractivity contribution in [2.24, 2.45) is 0 Å². The zero-order valence-corrected chi connectivity index (χ0v) is 11.6. The van der Waals surface area contributed by atoms with E-state index in [0.29, 0.717) is 6.54 Å². The van der Waals surface area contributed by atoms with E-state index in [1.54, 1.807) is 6.92 Å². The SMILES string of the molecule is CCNC(=O)NCCC(=O)c1cc(Cl)ccc1[N+](=O)[O-]. The van der Waals surface area contributed by atoms with Crippen LogP contribution in [0.4, 0.5) is 10.5 Å². The highest BCUT2D eigenvalue weighted by atomic mass is 35.5. The molecule has 1 rings (SSSR count). The number of hydrogen-bond donors (Lipinski definition) is 2. The number of carbonyl (C=O) groups is 2. The van der Waals surface area contributed by atoms with Crippen molar-refractivity contribution < 1.29 is 14.5 Å². The van der Waals surface area contributed by atoms with Crippen molar-refractivity contribution in [3.05, 3.63) is 38.9 Å². The molecule has 0 heterocycles. The Labute approximate surface area is 120 Å². The van der Waals surface area contributed by atoms with E-state index in [4.69, 9.17) is 11.6 Å². The minimum absolute atomic E-state index is 0.0433. The summed E-state index contributed by atoms with van der Waals surface area (Å²) < 4.78 is 0. The summed E-state index contributed by atoms with van der Waals surface area (Å²) in [5, 5.41) is 16.1. The van der Waals surface area contributed by atoms with Crippen molar-refractivity contribution in [3.8, 4) is 0 Å². The van der Waals surface area contributed by atoms with Crippen LogP contribution in [-0.2, 0) is 0 Å². The van der Waals surface area contributed by atoms with Crippen LogP contribution in [0.25, 0.3) is 0 Å². The Kier molecular flexibility index (Phi) is 5.92. The monoisotopic (exact) mass is 299 g/mol. The molecule has 20 heavy (non-hydrogen) atoms. The molecule has 2 N–H and O–H groups in total. The van der Waals surface area contributed by atoms with Crippen molar-refractivity contribution in [3.63, 3.8) is 0 Å². The van der Waals surface area contributed by atoms with Gasteiger partial charge in [-0.25, -0.2) is 4.79 Å². The van der Waals surface area contributed by atoms with Gasteiger partial charge >= 0.3 is 6.03 Å². The van der Waals surface area contributed by atoms with Gasteiger partial charge in [-0.2, -0.15) is 0 Å². The first-order chi connectivity index (χ1) is 9.45. The highest BCUT2D eigenvalue weighted by molar-refractivity contribution is 6.31. The Hall–Kier alpha value is -2.15. The lowest BCUT2D eigenvalue weighted by molar-refractivity contribution is -0.385. The Morgan fingerprint density at radius 3 is 2.65 bits per heavy atom. The average molecular weight is 300 g/mol. The second-order valence-electron chi connectivity index (χ2n) is 3.88. The summed E-state index contributed by atoms with van der Waals surface area (Å²) >= 11 is 5.74. The molecule has 0 saturated carbocycles. The summed E-state index contributed by atoms with van der Waals surface area (Å²) in [6.07, 6.45) is -0.0433. The summed E-state index contributed by atoms with van der Waals surface area (Å²) in [6.45, 7) is 2.33. The van der Waals surface area contributed by atoms with Crippen LogP contribution >= 0.6 is 11.6 Å². The number of amides is 2. The van der Waals surface area contributed by atoms with Crippen molar-refractivity contribution in [2.75, 3.05) is 13.1 Å². The maximum Gasteiger partial charge on any atom is 0.314 e. The van der Waals surface area contributed by atoms with Gasteiger partial charge < -0.3 is 10.6 Å². The zero-order valence-electron chi connectivity index (χ0n) is 10.8. The molecule has 1 aromatic rings. The minimum atomic E-state index is -0.638. The molecule has 7 nitrogen and oxygen atoms in total. The maximum absolute atomic E-state index is 11.9. The third-order valence-electron chi connectivity index (χ3n) is 2.43. The fourth-order valence-electron chi connectivity index (χ4n) is 1.54. The molecule has 0 saturated heterocycles. The van der Waals surface area contributed by atoms with Crippen LogP contribution in [0.2, 0.25) is 5.02 Å². The van der Waals surface area contributed by atoms with Gasteiger partial charge in [0.05, 0.1) is 10.5 Å². The summed E-state index contributed by atoms with van der Waals surface area (Å²) in [4.78, 5) is 33.3. The smallest absolute Gasteiger partial charge is 0.314 e. The van der Waals surface area contributed by atoms with Crippen LogP contribution in [0.1, 0.15) is 23.7 Å². The number of carbonyl (C=O) groups excluding carboxylic acids is 2. The van der Waals surface area contributed by atoms with Gasteiger partial charge in [-0.05, 0) is 19.1 Å². The van der Waals surface area contributed by atoms with E-state index in [0.717, 1.165) is 0 Å². The number of nitro groups is 1. The molecule has 0 unspecified atom stereocenters. The van der Waals surface area contributed by atoms with E-state index in [9.17, 15) is 19.7 Å². The van der Waals surface area contributed by atoms with Crippen molar-refractivity contribution >= 4 is 29.1 Å². The van der Waals surface area contributed by atoms with Gasteiger partial charge in [-0.3, -0.25) is 14.9 Å². The summed E-state index contributed by atoms with van der Waals surface area (Å²) in [6, 6.07) is 3.41. The predicted octanol–water partition coefficient (Wildman–Crippen LogP) is 2.14. The largest absolute Gasteiger partial charge is 0.338 e. The number of urea groups is 1. The average Bonchev–Trinajstić information content (AvgIpc) is 2.38. The van der Waals surface area contributed by atoms with Crippen molar-refractivity contribution in [2.45, 2.75) is 13.3 Å². The minimum Gasteiger partial charge on any atom is -0.338 e. The maximum atomic E-state index is 11.9. The second kappa shape index (κ2) is 7.44. The molecule has 0 aromatic heterocycles. The molecule has 0 aliphatic rings. The quantitative estimate of drug-likeness (QED) is 0.477. The zero-order chi connectivity index (χ0) is 15.1. The normalized spacial score (nSPS) is 9.90. The molecular formula is C12H14ClN3O4. The van der Waals surface area contributed by atoms with Crippen LogP contribution < -0.4 is 10.6 Å². The molecule has 0 spiro atoms. The molecule has 1 aromatic carbocycles. The highest BCUT2D eigenvalue weighted by Crippen LogP contribution is 2.23. The van der Waals surface area contributed by atoms with Gasteiger partial charge in [0.2, 0.25) is 0 Å². The van der Waals surface area contributed by atoms with Crippen molar-refractivity contribution in [1.29, 1.82) is 0 Å². The standard InChI is InChI=1S/C12H14ClN3O4/c1-2-14-12(18)15-6-5-11(17)9-7-8(13)3-4-10(9)16(19)20/h3-4,7H,2,5-6H2,1H3,(H2,14,15,18). The van der Waals surface area contributed by atoms with Crippen LogP contribution in [-0.4, -0.2) is 29.8 Å². The fourth-order valence-corrected chi connectivity index (χ4v) is 1.71. The Bertz CT molecular complexity index is 533. The lowest BCUT2D eigenvalue weighted by atomic mass is 10.1. The van der Waals surface area contributed by atoms with Gasteiger partial charge in [-0.1, -0.05) is 11.6 Å². The molecule has 8 heteroatoms. The molecule has 0 aliphatic carbocycles. The first-order valence-electron chi connectivity index (χ1n) is 5.94. The third-order valence-corrected chi connectivity index (χ3v) is 2.67. The number of rotatable bonds is 6. The van der Waals surface area contributed by atoms with Crippen LogP contribution in [0.5, 0.6) is 0 Å². The van der Waals surface area contributed by atoms with Gasteiger partial charge in [-0.15, -0.1) is 0 Å².